The minimum absolute atomic E-state index is 0.430. The number of halogens is 1. The number of nitrogens with zero attached hydrogens (tertiary/aromatic N) is 2. The molecule has 1 unspecified atom stereocenters. The molecule has 0 bridgehead atoms. The van der Waals surface area contributed by atoms with Crippen LogP contribution in [0.1, 0.15) is 36.7 Å². The molecule has 20 heavy (non-hydrogen) atoms. The Kier molecular flexibility index (Phi) is 5.29. The second kappa shape index (κ2) is 6.78. The highest BCUT2D eigenvalue weighted by Gasteiger charge is 2.16. The van der Waals surface area contributed by atoms with Crippen molar-refractivity contribution in [2.24, 2.45) is 0 Å². The summed E-state index contributed by atoms with van der Waals surface area (Å²) in [4.78, 5) is 10.5. The lowest BCUT2D eigenvalue weighted by Crippen LogP contribution is -2.21. The van der Waals surface area contributed by atoms with E-state index >= 15 is 0 Å². The number of hydrogen-bond donors (Lipinski definition) is 1. The highest BCUT2D eigenvalue weighted by molar-refractivity contribution is 9.11. The van der Waals surface area contributed by atoms with Gasteiger partial charge in [-0.3, -0.25) is 0 Å². The molecule has 0 aromatic carbocycles. The minimum Gasteiger partial charge on any atom is -0.316 e. The van der Waals surface area contributed by atoms with Gasteiger partial charge in [0.2, 0.25) is 0 Å². The van der Waals surface area contributed by atoms with Crippen LogP contribution >= 0.6 is 27.3 Å². The number of nitrogens with one attached hydrogen (secondary N) is 1. The van der Waals surface area contributed by atoms with E-state index in [9.17, 15) is 0 Å². The van der Waals surface area contributed by atoms with Crippen LogP contribution in [0.5, 0.6) is 0 Å². The van der Waals surface area contributed by atoms with E-state index in [1.54, 1.807) is 11.3 Å². The van der Waals surface area contributed by atoms with Gasteiger partial charge in [-0.1, -0.05) is 13.8 Å². The molecule has 0 amide bonds. The van der Waals surface area contributed by atoms with Crippen LogP contribution in [0.15, 0.2) is 15.9 Å². The SMILES string of the molecule is CCNCC(C)c1c(C)nc(-c2ccc(Br)s2)nc1C. The summed E-state index contributed by atoms with van der Waals surface area (Å²) in [5.74, 6) is 1.26. The summed E-state index contributed by atoms with van der Waals surface area (Å²) in [5, 5.41) is 3.39. The van der Waals surface area contributed by atoms with Crippen molar-refractivity contribution < 1.29 is 0 Å². The van der Waals surface area contributed by atoms with Crippen LogP contribution in [-0.4, -0.2) is 23.1 Å². The maximum Gasteiger partial charge on any atom is 0.169 e. The number of rotatable bonds is 5. The van der Waals surface area contributed by atoms with E-state index in [2.05, 4.69) is 55.0 Å². The van der Waals surface area contributed by atoms with Gasteiger partial charge in [-0.2, -0.15) is 0 Å². The fourth-order valence-electron chi connectivity index (χ4n) is 2.45. The molecule has 0 saturated carbocycles. The van der Waals surface area contributed by atoms with Crippen molar-refractivity contribution in [3.8, 4) is 10.7 Å². The summed E-state index contributed by atoms with van der Waals surface area (Å²) in [6.07, 6.45) is 0. The van der Waals surface area contributed by atoms with E-state index in [-0.39, 0.29) is 0 Å². The first-order valence-corrected chi connectivity index (χ1v) is 8.45. The van der Waals surface area contributed by atoms with E-state index in [4.69, 9.17) is 9.97 Å². The van der Waals surface area contributed by atoms with Crippen molar-refractivity contribution in [1.82, 2.24) is 15.3 Å². The number of aromatic nitrogens is 2. The molecule has 0 radical (unpaired) electrons. The summed E-state index contributed by atoms with van der Waals surface area (Å²) < 4.78 is 1.11. The maximum atomic E-state index is 4.70. The van der Waals surface area contributed by atoms with Gasteiger partial charge in [-0.25, -0.2) is 9.97 Å². The lowest BCUT2D eigenvalue weighted by atomic mass is 9.98. The molecule has 0 saturated heterocycles. The Morgan fingerprint density at radius 3 is 2.40 bits per heavy atom. The molecule has 108 valence electrons. The van der Waals surface area contributed by atoms with Gasteiger partial charge in [-0.15, -0.1) is 11.3 Å². The van der Waals surface area contributed by atoms with E-state index in [1.165, 1.54) is 5.56 Å². The molecular formula is C15H20BrN3S. The van der Waals surface area contributed by atoms with E-state index in [0.717, 1.165) is 39.0 Å². The summed E-state index contributed by atoms with van der Waals surface area (Å²) in [7, 11) is 0. The predicted octanol–water partition coefficient (Wildman–Crippen LogP) is 4.30. The lowest BCUT2D eigenvalue weighted by molar-refractivity contribution is 0.625. The van der Waals surface area contributed by atoms with Crippen LogP contribution < -0.4 is 5.32 Å². The normalized spacial score (nSPS) is 12.7. The monoisotopic (exact) mass is 353 g/mol. The van der Waals surface area contributed by atoms with Crippen molar-refractivity contribution in [3.05, 3.63) is 32.9 Å². The van der Waals surface area contributed by atoms with Crippen molar-refractivity contribution in [2.45, 2.75) is 33.6 Å². The van der Waals surface area contributed by atoms with Crippen molar-refractivity contribution >= 4 is 27.3 Å². The second-order valence-electron chi connectivity index (χ2n) is 4.94. The molecule has 0 fully saturated rings. The molecule has 0 aliphatic carbocycles. The quantitative estimate of drug-likeness (QED) is 0.870. The molecule has 1 N–H and O–H groups in total. The molecule has 5 heteroatoms. The fraction of sp³-hybridized carbons (Fsp3) is 0.467. The fourth-order valence-corrected chi connectivity index (χ4v) is 3.77. The molecule has 2 aromatic heterocycles. The first kappa shape index (κ1) is 15.6. The summed E-state index contributed by atoms with van der Waals surface area (Å²) in [6, 6.07) is 4.10. The van der Waals surface area contributed by atoms with Gasteiger partial charge in [0.15, 0.2) is 5.82 Å². The Labute approximate surface area is 133 Å². The third-order valence-electron chi connectivity index (χ3n) is 3.31. The number of likely N-dealkylation sites (N-methyl/N-ethyl adjacent to an activating group) is 1. The first-order valence-electron chi connectivity index (χ1n) is 6.84. The Morgan fingerprint density at radius 1 is 1.25 bits per heavy atom. The van der Waals surface area contributed by atoms with Gasteiger partial charge < -0.3 is 5.32 Å². The second-order valence-corrected chi connectivity index (χ2v) is 7.41. The Bertz CT molecular complexity index is 572. The summed E-state index contributed by atoms with van der Waals surface area (Å²) >= 11 is 5.15. The van der Waals surface area contributed by atoms with E-state index in [1.807, 2.05) is 6.07 Å². The largest absolute Gasteiger partial charge is 0.316 e. The van der Waals surface area contributed by atoms with Gasteiger partial charge >= 0.3 is 0 Å². The third-order valence-corrected chi connectivity index (χ3v) is 4.93. The predicted molar refractivity (Wildman–Crippen MR) is 89.5 cm³/mol. The topological polar surface area (TPSA) is 37.8 Å². The van der Waals surface area contributed by atoms with Crippen LogP contribution in [0.2, 0.25) is 0 Å². The number of aryl methyl sites for hydroxylation is 2. The molecule has 2 aromatic rings. The average molecular weight is 354 g/mol. The average Bonchev–Trinajstić information content (AvgIpc) is 2.82. The van der Waals surface area contributed by atoms with E-state index in [0.29, 0.717) is 5.92 Å². The zero-order valence-electron chi connectivity index (χ0n) is 12.3. The Hall–Kier alpha value is -0.780. The van der Waals surface area contributed by atoms with Crippen molar-refractivity contribution in [2.75, 3.05) is 13.1 Å². The van der Waals surface area contributed by atoms with Crippen LogP contribution in [0.3, 0.4) is 0 Å². The highest BCUT2D eigenvalue weighted by Crippen LogP contribution is 2.31. The Balaban J connectivity index is 2.33. The van der Waals surface area contributed by atoms with Crippen LogP contribution in [0, 0.1) is 13.8 Å². The van der Waals surface area contributed by atoms with Gasteiger partial charge in [0.25, 0.3) is 0 Å². The standard InChI is InChI=1S/C15H20BrN3S/c1-5-17-8-9(2)14-10(3)18-15(19-11(14)4)12-6-7-13(16)20-12/h6-7,9,17H,5,8H2,1-4H3. The molecule has 2 rings (SSSR count). The molecule has 2 heterocycles. The van der Waals surface area contributed by atoms with Gasteiger partial charge in [0, 0.05) is 17.9 Å². The molecule has 1 atom stereocenters. The molecule has 0 spiro atoms. The zero-order chi connectivity index (χ0) is 14.7. The van der Waals surface area contributed by atoms with Crippen LogP contribution in [0.4, 0.5) is 0 Å². The van der Waals surface area contributed by atoms with Crippen molar-refractivity contribution in [3.63, 3.8) is 0 Å². The Morgan fingerprint density at radius 2 is 1.90 bits per heavy atom. The van der Waals surface area contributed by atoms with Crippen LogP contribution in [-0.2, 0) is 0 Å². The van der Waals surface area contributed by atoms with Crippen LogP contribution in [0.25, 0.3) is 10.7 Å². The number of hydrogen-bond acceptors (Lipinski definition) is 4. The first-order chi connectivity index (χ1) is 9.52. The van der Waals surface area contributed by atoms with Gasteiger partial charge in [0.1, 0.15) is 0 Å². The maximum absolute atomic E-state index is 4.70. The van der Waals surface area contributed by atoms with E-state index < -0.39 is 0 Å². The van der Waals surface area contributed by atoms with Gasteiger partial charge in [-0.05, 0) is 59.9 Å². The highest BCUT2D eigenvalue weighted by atomic mass is 79.9. The number of thiophene rings is 1. The molecule has 3 nitrogen and oxygen atoms in total. The molecular weight excluding hydrogens is 334 g/mol. The molecule has 0 aliphatic heterocycles. The zero-order valence-corrected chi connectivity index (χ0v) is 14.7. The summed E-state index contributed by atoms with van der Waals surface area (Å²) in [6.45, 7) is 10.5. The molecule has 0 aliphatic rings. The minimum atomic E-state index is 0.430. The summed E-state index contributed by atoms with van der Waals surface area (Å²) in [5.41, 5.74) is 3.44. The van der Waals surface area contributed by atoms with Gasteiger partial charge in [0.05, 0.1) is 8.66 Å². The lowest BCUT2D eigenvalue weighted by Gasteiger charge is -2.17. The third kappa shape index (κ3) is 3.45. The smallest absolute Gasteiger partial charge is 0.169 e. The van der Waals surface area contributed by atoms with Crippen molar-refractivity contribution in [1.29, 1.82) is 0 Å².